The molecule has 7 rings (SSSR count). The maximum atomic E-state index is 14.6. The van der Waals surface area contributed by atoms with Crippen LogP contribution in [-0.2, 0) is 5.41 Å². The first kappa shape index (κ1) is 25.8. The zero-order valence-corrected chi connectivity index (χ0v) is 22.7. The van der Waals surface area contributed by atoms with Crippen molar-refractivity contribution in [2.45, 2.75) is 18.3 Å². The minimum Gasteiger partial charge on any atom is -0.507 e. The van der Waals surface area contributed by atoms with Gasteiger partial charge in [-0.3, -0.25) is 9.59 Å². The van der Waals surface area contributed by atoms with Gasteiger partial charge in [0.05, 0.1) is 18.9 Å². The number of anilines is 1. The Balaban J connectivity index is 1.16. The van der Waals surface area contributed by atoms with Crippen molar-refractivity contribution in [3.63, 3.8) is 0 Å². The highest BCUT2D eigenvalue weighted by atomic mass is 19.1. The second kappa shape index (κ2) is 9.76. The minimum absolute atomic E-state index is 0.0922. The monoisotopic (exact) mass is 567 g/mol. The molecule has 1 spiro atoms. The van der Waals surface area contributed by atoms with Gasteiger partial charge in [0.2, 0.25) is 5.76 Å². The van der Waals surface area contributed by atoms with Gasteiger partial charge in [0, 0.05) is 42.2 Å². The van der Waals surface area contributed by atoms with Crippen molar-refractivity contribution in [2.24, 2.45) is 0 Å². The summed E-state index contributed by atoms with van der Waals surface area (Å²) in [6, 6.07) is 18.0. The van der Waals surface area contributed by atoms with Crippen molar-refractivity contribution in [1.29, 1.82) is 0 Å². The number of aromatic hydroxyl groups is 1. The lowest BCUT2D eigenvalue weighted by molar-refractivity contribution is 0.0629. The van der Waals surface area contributed by atoms with Crippen LogP contribution in [-0.4, -0.2) is 53.7 Å². The fourth-order valence-corrected chi connectivity index (χ4v) is 6.23. The van der Waals surface area contributed by atoms with Gasteiger partial charge in [-0.05, 0) is 72.3 Å². The molecule has 2 aromatic heterocycles. The zero-order chi connectivity index (χ0) is 29.0. The third kappa shape index (κ3) is 4.09. The minimum atomic E-state index is -0.535. The number of hydrogen-bond acceptors (Lipinski definition) is 7. The number of likely N-dealkylation sites (tertiary alicyclic amines) is 1. The quantitative estimate of drug-likeness (QED) is 0.293. The van der Waals surface area contributed by atoms with Crippen LogP contribution in [0.5, 0.6) is 11.5 Å². The number of rotatable bonds is 4. The molecule has 0 atom stereocenters. The summed E-state index contributed by atoms with van der Waals surface area (Å²) in [5.74, 6) is 0.0876. The number of carbonyl (C=O) groups excluding carboxylic acids is 2. The number of ether oxygens (including phenoxy) is 1. The van der Waals surface area contributed by atoms with E-state index in [9.17, 15) is 19.1 Å². The van der Waals surface area contributed by atoms with Crippen LogP contribution in [0.25, 0.3) is 22.2 Å². The van der Waals surface area contributed by atoms with E-state index < -0.39 is 5.41 Å². The molecule has 1 N–H and O–H groups in total. The number of hydrogen-bond donors (Lipinski definition) is 1. The SMILES string of the molecule is COc1cc2c(O)cccc2cc1C(=O)N1CC2(CCN(C(=O)c3cc(-c4ccco4)no3)CC2)c2cc(F)ccc21. The normalized spacial score (nSPS) is 15.8. The summed E-state index contributed by atoms with van der Waals surface area (Å²) in [7, 11) is 1.48. The summed E-state index contributed by atoms with van der Waals surface area (Å²) in [5.41, 5.74) is 1.63. The van der Waals surface area contributed by atoms with Crippen molar-refractivity contribution in [2.75, 3.05) is 31.6 Å². The first-order chi connectivity index (χ1) is 20.4. The van der Waals surface area contributed by atoms with Crippen molar-refractivity contribution in [1.82, 2.24) is 10.1 Å². The fraction of sp³-hybridized carbons (Fsp3) is 0.219. The van der Waals surface area contributed by atoms with Gasteiger partial charge in [-0.1, -0.05) is 17.3 Å². The second-order valence-electron chi connectivity index (χ2n) is 10.7. The number of piperidine rings is 1. The van der Waals surface area contributed by atoms with E-state index in [-0.39, 0.29) is 29.1 Å². The lowest BCUT2D eigenvalue weighted by atomic mass is 9.74. The lowest BCUT2D eigenvalue weighted by Gasteiger charge is -2.39. The van der Waals surface area contributed by atoms with Gasteiger partial charge in [-0.15, -0.1) is 0 Å². The number of aromatic nitrogens is 1. The van der Waals surface area contributed by atoms with Crippen LogP contribution in [0, 0.1) is 5.82 Å². The Kier molecular flexibility index (Phi) is 6.00. The number of halogens is 1. The molecule has 42 heavy (non-hydrogen) atoms. The fourth-order valence-electron chi connectivity index (χ4n) is 6.23. The number of nitrogens with zero attached hydrogens (tertiary/aromatic N) is 3. The molecule has 2 aliphatic rings. The smallest absolute Gasteiger partial charge is 0.292 e. The Morgan fingerprint density at radius 2 is 1.86 bits per heavy atom. The summed E-state index contributed by atoms with van der Waals surface area (Å²) >= 11 is 0. The summed E-state index contributed by atoms with van der Waals surface area (Å²) in [5, 5.41) is 15.5. The van der Waals surface area contributed by atoms with E-state index in [1.807, 2.05) is 6.07 Å². The van der Waals surface area contributed by atoms with E-state index in [0.29, 0.717) is 71.7 Å². The number of carbonyl (C=O) groups is 2. The molecule has 2 amide bonds. The number of methoxy groups -OCH3 is 1. The maximum absolute atomic E-state index is 14.6. The molecule has 0 saturated carbocycles. The molecule has 1 saturated heterocycles. The van der Waals surface area contributed by atoms with E-state index in [0.717, 1.165) is 5.56 Å². The standard InChI is InChI=1S/C32H26FN3O6/c1-40-28-16-21-19(4-2-5-26(21)37)14-22(28)30(38)36-18-32(23-15-20(33)7-8-25(23)36)9-11-35(12-10-32)31(39)29-17-24(34-42-29)27-6-3-13-41-27/h2-8,13-17,37H,9-12,18H2,1H3. The first-order valence-corrected chi connectivity index (χ1v) is 13.6. The molecule has 0 bridgehead atoms. The van der Waals surface area contributed by atoms with Gasteiger partial charge >= 0.3 is 0 Å². The van der Waals surface area contributed by atoms with Gasteiger partial charge in [-0.2, -0.15) is 0 Å². The molecule has 212 valence electrons. The average molecular weight is 568 g/mol. The van der Waals surface area contributed by atoms with Gasteiger partial charge < -0.3 is 28.6 Å². The van der Waals surface area contributed by atoms with E-state index in [1.54, 1.807) is 58.3 Å². The van der Waals surface area contributed by atoms with Crippen LogP contribution >= 0.6 is 0 Å². The van der Waals surface area contributed by atoms with Gasteiger partial charge in [0.25, 0.3) is 11.8 Å². The highest BCUT2D eigenvalue weighted by Gasteiger charge is 2.48. The Morgan fingerprint density at radius 3 is 2.62 bits per heavy atom. The molecular formula is C32H26FN3O6. The summed E-state index contributed by atoms with van der Waals surface area (Å²) in [4.78, 5) is 30.7. The number of phenols is 1. The molecule has 0 unspecified atom stereocenters. The van der Waals surface area contributed by atoms with Crippen LogP contribution in [0.2, 0.25) is 0 Å². The Labute approximate surface area is 239 Å². The van der Waals surface area contributed by atoms with E-state index in [4.69, 9.17) is 13.7 Å². The molecule has 0 aliphatic carbocycles. The van der Waals surface area contributed by atoms with E-state index in [2.05, 4.69) is 5.16 Å². The van der Waals surface area contributed by atoms with Crippen molar-refractivity contribution < 1.29 is 32.8 Å². The van der Waals surface area contributed by atoms with Crippen LogP contribution in [0.15, 0.2) is 81.9 Å². The molecule has 10 heteroatoms. The molecule has 3 aromatic carbocycles. The third-order valence-electron chi connectivity index (χ3n) is 8.44. The predicted octanol–water partition coefficient (Wildman–Crippen LogP) is 5.78. The molecular weight excluding hydrogens is 541 g/mol. The molecule has 2 aliphatic heterocycles. The topological polar surface area (TPSA) is 109 Å². The summed E-state index contributed by atoms with van der Waals surface area (Å²) < 4.78 is 30.8. The summed E-state index contributed by atoms with van der Waals surface area (Å²) in [6.07, 6.45) is 2.58. The van der Waals surface area contributed by atoms with E-state index in [1.165, 1.54) is 25.5 Å². The maximum Gasteiger partial charge on any atom is 0.292 e. The number of fused-ring (bicyclic) bond motifs is 3. The molecule has 1 fully saturated rings. The van der Waals surface area contributed by atoms with Gasteiger partial charge in [-0.25, -0.2) is 4.39 Å². The molecule has 5 aromatic rings. The van der Waals surface area contributed by atoms with E-state index >= 15 is 0 Å². The Bertz CT molecular complexity index is 1840. The average Bonchev–Trinajstić information content (AvgIpc) is 3.77. The largest absolute Gasteiger partial charge is 0.507 e. The van der Waals surface area contributed by atoms with Gasteiger partial charge in [0.1, 0.15) is 23.0 Å². The number of amides is 2. The third-order valence-corrected chi connectivity index (χ3v) is 8.44. The zero-order valence-electron chi connectivity index (χ0n) is 22.7. The molecule has 4 heterocycles. The lowest BCUT2D eigenvalue weighted by Crippen LogP contribution is -2.47. The van der Waals surface area contributed by atoms with Crippen molar-refractivity contribution in [3.8, 4) is 23.0 Å². The molecule has 0 radical (unpaired) electrons. The predicted molar refractivity (Wildman–Crippen MR) is 151 cm³/mol. The van der Waals surface area contributed by atoms with Crippen LogP contribution in [0.4, 0.5) is 10.1 Å². The highest BCUT2D eigenvalue weighted by molar-refractivity contribution is 6.12. The second-order valence-corrected chi connectivity index (χ2v) is 10.7. The van der Waals surface area contributed by atoms with Crippen LogP contribution < -0.4 is 9.64 Å². The van der Waals surface area contributed by atoms with Crippen molar-refractivity contribution >= 4 is 28.3 Å². The highest BCUT2D eigenvalue weighted by Crippen LogP contribution is 2.48. The van der Waals surface area contributed by atoms with Crippen LogP contribution in [0.1, 0.15) is 39.3 Å². The van der Waals surface area contributed by atoms with Gasteiger partial charge in [0.15, 0.2) is 5.76 Å². The summed E-state index contributed by atoms with van der Waals surface area (Å²) in [6.45, 7) is 1.12. The number of furan rings is 1. The Hall–Kier alpha value is -5.12. The number of phenolic OH excluding ortho intramolecular Hbond substituents is 1. The Morgan fingerprint density at radius 1 is 1.02 bits per heavy atom. The molecule has 9 nitrogen and oxygen atoms in total. The van der Waals surface area contributed by atoms with Crippen LogP contribution in [0.3, 0.4) is 0 Å². The first-order valence-electron chi connectivity index (χ1n) is 13.6. The van der Waals surface area contributed by atoms with Crippen molar-refractivity contribution in [3.05, 3.63) is 95.7 Å². The number of benzene rings is 3.